The van der Waals surface area contributed by atoms with Gasteiger partial charge in [0.2, 0.25) is 0 Å². The summed E-state index contributed by atoms with van der Waals surface area (Å²) < 4.78 is 5.51. The van der Waals surface area contributed by atoms with E-state index < -0.39 is 17.1 Å². The lowest BCUT2D eigenvalue weighted by atomic mass is 9.99. The molecular weight excluding hydrogens is 354 g/mol. The van der Waals surface area contributed by atoms with Crippen molar-refractivity contribution in [3.8, 4) is 11.1 Å². The van der Waals surface area contributed by atoms with Crippen LogP contribution in [0.25, 0.3) is 28.2 Å². The minimum absolute atomic E-state index is 0.206. The van der Waals surface area contributed by atoms with Crippen LogP contribution in [0.3, 0.4) is 0 Å². The first kappa shape index (κ1) is 16.2. The summed E-state index contributed by atoms with van der Waals surface area (Å²) in [5.41, 5.74) is 3.15. The van der Waals surface area contributed by atoms with E-state index in [1.54, 1.807) is 30.5 Å². The second-order valence-electron chi connectivity index (χ2n) is 5.64. The smallest absolute Gasteiger partial charge is 0.335 e. The Morgan fingerprint density at radius 3 is 2.50 bits per heavy atom. The van der Waals surface area contributed by atoms with Crippen molar-refractivity contribution in [2.75, 3.05) is 0 Å². The summed E-state index contributed by atoms with van der Waals surface area (Å²) in [5, 5.41) is 11.7. The van der Waals surface area contributed by atoms with Crippen molar-refractivity contribution in [3.05, 3.63) is 64.8 Å². The zero-order valence-electron chi connectivity index (χ0n) is 13.2. The van der Waals surface area contributed by atoms with E-state index in [2.05, 4.69) is 5.32 Å². The van der Waals surface area contributed by atoms with Crippen molar-refractivity contribution in [3.63, 3.8) is 0 Å². The van der Waals surface area contributed by atoms with E-state index in [-0.39, 0.29) is 5.56 Å². The zero-order chi connectivity index (χ0) is 18.3. The minimum Gasteiger partial charge on any atom is -0.478 e. The van der Waals surface area contributed by atoms with Crippen LogP contribution < -0.4 is 5.32 Å². The molecule has 6 nitrogen and oxygen atoms in total. The lowest BCUT2D eigenvalue weighted by molar-refractivity contribution is -0.115. The fourth-order valence-corrected chi connectivity index (χ4v) is 3.42. The quantitative estimate of drug-likeness (QED) is 0.678. The number of carbonyl (C=O) groups excluding carboxylic acids is 2. The number of fused-ring (bicyclic) bond motifs is 1. The largest absolute Gasteiger partial charge is 0.478 e. The number of benzene rings is 2. The first-order valence-corrected chi connectivity index (χ1v) is 8.43. The third-order valence-corrected chi connectivity index (χ3v) is 4.78. The summed E-state index contributed by atoms with van der Waals surface area (Å²) in [7, 11) is 0. The number of carboxylic acids is 1. The molecule has 1 aromatic heterocycles. The number of nitrogens with one attached hydrogen (secondary N) is 1. The Morgan fingerprint density at radius 2 is 1.85 bits per heavy atom. The Morgan fingerprint density at radius 1 is 1.08 bits per heavy atom. The van der Waals surface area contributed by atoms with Gasteiger partial charge >= 0.3 is 5.97 Å². The Bertz CT molecular complexity index is 1090. The summed E-state index contributed by atoms with van der Waals surface area (Å²) in [5.74, 6) is -1.42. The lowest BCUT2D eigenvalue weighted by Crippen LogP contribution is -2.17. The van der Waals surface area contributed by atoms with E-state index in [4.69, 9.17) is 9.52 Å². The number of hydrogen-bond donors (Lipinski definition) is 2. The molecule has 0 bridgehead atoms. The molecule has 3 aromatic rings. The van der Waals surface area contributed by atoms with E-state index in [9.17, 15) is 14.4 Å². The monoisotopic (exact) mass is 365 g/mol. The van der Waals surface area contributed by atoms with Crippen LogP contribution in [0.1, 0.15) is 15.9 Å². The van der Waals surface area contributed by atoms with Gasteiger partial charge < -0.3 is 9.52 Å². The van der Waals surface area contributed by atoms with E-state index in [1.165, 1.54) is 12.1 Å². The molecule has 0 spiro atoms. The van der Waals surface area contributed by atoms with Gasteiger partial charge in [0.05, 0.1) is 16.7 Å². The molecule has 1 aliphatic heterocycles. The maximum absolute atomic E-state index is 11.8. The standard InChI is InChI=1S/C19H11NO5S/c21-17-15(26-19(24)20-17)9-14-8-13(7-12-5-6-25-16(12)14)10-1-3-11(4-2-10)18(22)23/h1-9H,(H,22,23)(H,20,21,24)/b15-9+. The Kier molecular flexibility index (Phi) is 3.85. The summed E-state index contributed by atoms with van der Waals surface area (Å²) in [6.07, 6.45) is 3.17. The van der Waals surface area contributed by atoms with Gasteiger partial charge in [0.1, 0.15) is 5.58 Å². The molecule has 0 aliphatic carbocycles. The predicted molar refractivity (Wildman–Crippen MR) is 97.7 cm³/mol. The Balaban J connectivity index is 1.82. The normalized spacial score (nSPS) is 15.6. The number of imide groups is 1. The van der Waals surface area contributed by atoms with Crippen LogP contribution >= 0.6 is 11.8 Å². The van der Waals surface area contributed by atoms with Crippen molar-refractivity contribution in [2.24, 2.45) is 0 Å². The minimum atomic E-state index is -0.985. The maximum atomic E-state index is 11.8. The summed E-state index contributed by atoms with van der Waals surface area (Å²) in [4.78, 5) is 34.5. The molecule has 7 heteroatoms. The highest BCUT2D eigenvalue weighted by Gasteiger charge is 2.25. The van der Waals surface area contributed by atoms with E-state index >= 15 is 0 Å². The van der Waals surface area contributed by atoms with Crippen LogP contribution in [0.4, 0.5) is 4.79 Å². The topological polar surface area (TPSA) is 96.6 Å². The predicted octanol–water partition coefficient (Wildman–Crippen LogP) is 4.12. The molecule has 0 unspecified atom stereocenters. The van der Waals surface area contributed by atoms with Crippen LogP contribution in [0.5, 0.6) is 0 Å². The number of carbonyl (C=O) groups is 3. The molecule has 0 radical (unpaired) electrons. The van der Waals surface area contributed by atoms with Crippen LogP contribution in [0, 0.1) is 0 Å². The number of thioether (sulfide) groups is 1. The molecule has 2 aromatic carbocycles. The summed E-state index contributed by atoms with van der Waals surface area (Å²) in [6.45, 7) is 0. The molecule has 4 rings (SSSR count). The summed E-state index contributed by atoms with van der Waals surface area (Å²) >= 11 is 0.841. The SMILES string of the molecule is O=C1NC(=O)/C(=C\c2cc(-c3ccc(C(=O)O)cc3)cc3ccoc23)S1. The Labute approximate surface area is 151 Å². The van der Waals surface area contributed by atoms with E-state index in [1.807, 2.05) is 12.1 Å². The molecule has 2 amide bonds. The van der Waals surface area contributed by atoms with Crippen molar-refractivity contribution < 1.29 is 23.9 Å². The lowest BCUT2D eigenvalue weighted by Gasteiger charge is -2.06. The van der Waals surface area contributed by atoms with Gasteiger partial charge in [-0.3, -0.25) is 14.9 Å². The second-order valence-corrected chi connectivity index (χ2v) is 6.65. The molecule has 128 valence electrons. The molecule has 0 atom stereocenters. The number of amides is 2. The average molecular weight is 365 g/mol. The highest BCUT2D eigenvalue weighted by atomic mass is 32.2. The number of carboxylic acid groups (broad SMARTS) is 1. The highest BCUT2D eigenvalue weighted by Crippen LogP contribution is 2.33. The van der Waals surface area contributed by atoms with Crippen molar-refractivity contribution in [1.29, 1.82) is 0 Å². The van der Waals surface area contributed by atoms with Gasteiger partial charge in [-0.05, 0) is 59.3 Å². The van der Waals surface area contributed by atoms with Crippen LogP contribution in [-0.4, -0.2) is 22.2 Å². The fraction of sp³-hybridized carbons (Fsp3) is 0. The number of rotatable bonds is 3. The first-order valence-electron chi connectivity index (χ1n) is 7.61. The highest BCUT2D eigenvalue weighted by molar-refractivity contribution is 8.18. The van der Waals surface area contributed by atoms with Gasteiger partial charge in [-0.1, -0.05) is 12.1 Å². The van der Waals surface area contributed by atoms with Crippen LogP contribution in [0.2, 0.25) is 0 Å². The second kappa shape index (κ2) is 6.20. The Hall–Kier alpha value is -3.32. The number of furan rings is 1. The molecule has 26 heavy (non-hydrogen) atoms. The molecule has 2 heterocycles. The van der Waals surface area contributed by atoms with E-state index in [0.717, 1.165) is 28.3 Å². The first-order chi connectivity index (χ1) is 12.5. The van der Waals surface area contributed by atoms with Gasteiger partial charge in [-0.2, -0.15) is 0 Å². The van der Waals surface area contributed by atoms with Gasteiger partial charge in [-0.25, -0.2) is 4.79 Å². The van der Waals surface area contributed by atoms with Crippen LogP contribution in [0.15, 0.2) is 58.1 Å². The molecular formula is C19H11NO5S. The van der Waals surface area contributed by atoms with Crippen molar-refractivity contribution in [1.82, 2.24) is 5.32 Å². The fourth-order valence-electron chi connectivity index (χ4n) is 2.75. The molecule has 1 saturated heterocycles. The van der Waals surface area contributed by atoms with Gasteiger partial charge in [0, 0.05) is 10.9 Å². The van der Waals surface area contributed by atoms with Gasteiger partial charge in [0.25, 0.3) is 11.1 Å². The number of aromatic carboxylic acids is 1. The molecule has 2 N–H and O–H groups in total. The van der Waals surface area contributed by atoms with Crippen molar-refractivity contribution >= 4 is 45.9 Å². The zero-order valence-corrected chi connectivity index (χ0v) is 14.0. The van der Waals surface area contributed by atoms with Crippen molar-refractivity contribution in [2.45, 2.75) is 0 Å². The van der Waals surface area contributed by atoms with Gasteiger partial charge in [-0.15, -0.1) is 0 Å². The maximum Gasteiger partial charge on any atom is 0.335 e. The molecule has 0 saturated carbocycles. The third-order valence-electron chi connectivity index (χ3n) is 3.97. The third kappa shape index (κ3) is 2.89. The van der Waals surface area contributed by atoms with E-state index in [0.29, 0.717) is 16.1 Å². The molecule has 1 aliphatic rings. The average Bonchev–Trinajstić information content (AvgIpc) is 3.21. The number of hydrogen-bond acceptors (Lipinski definition) is 5. The van der Waals surface area contributed by atoms with Crippen LogP contribution in [-0.2, 0) is 4.79 Å². The summed E-state index contributed by atoms with van der Waals surface area (Å²) in [6, 6.07) is 12.1. The molecule has 1 fully saturated rings. The van der Waals surface area contributed by atoms with Gasteiger partial charge in [0.15, 0.2) is 0 Å².